The van der Waals surface area contributed by atoms with Crippen LogP contribution in [0.1, 0.15) is 21.6 Å². The number of benzene rings is 1. The van der Waals surface area contributed by atoms with Gasteiger partial charge in [-0.05, 0) is 37.3 Å². The number of carbonyl (C=O) groups excluding carboxylic acids is 1. The molecule has 0 saturated heterocycles. The van der Waals surface area contributed by atoms with E-state index < -0.39 is 0 Å². The Kier molecular flexibility index (Phi) is 5.12. The molecule has 3 aromatic rings. The van der Waals surface area contributed by atoms with Gasteiger partial charge in [0, 0.05) is 17.5 Å². The monoisotopic (exact) mass is 350 g/mol. The Morgan fingerprint density at radius 3 is 2.77 bits per heavy atom. The fourth-order valence-corrected chi connectivity index (χ4v) is 2.60. The van der Waals surface area contributed by atoms with Gasteiger partial charge in [-0.15, -0.1) is 0 Å². The maximum absolute atomic E-state index is 11.2. The van der Waals surface area contributed by atoms with Gasteiger partial charge in [0.2, 0.25) is 5.88 Å². The predicted molar refractivity (Wildman–Crippen MR) is 96.6 cm³/mol. The molecule has 132 valence electrons. The minimum Gasteiger partial charge on any atom is -0.507 e. The molecule has 6 nitrogen and oxygen atoms in total. The molecule has 1 aromatic carbocycles. The summed E-state index contributed by atoms with van der Waals surface area (Å²) in [6.07, 6.45) is 2.26. The summed E-state index contributed by atoms with van der Waals surface area (Å²) in [5.41, 5.74) is 3.20. The Hall–Kier alpha value is -3.41. The van der Waals surface area contributed by atoms with Crippen molar-refractivity contribution in [2.75, 3.05) is 7.11 Å². The molecular formula is C20H18N2O4. The van der Waals surface area contributed by atoms with Crippen molar-refractivity contribution in [1.82, 2.24) is 9.97 Å². The molecule has 0 aliphatic rings. The number of pyridine rings is 2. The van der Waals surface area contributed by atoms with Crippen LogP contribution in [-0.2, 0) is 6.61 Å². The van der Waals surface area contributed by atoms with Gasteiger partial charge >= 0.3 is 0 Å². The number of aryl methyl sites for hydroxylation is 1. The summed E-state index contributed by atoms with van der Waals surface area (Å²) in [6, 6.07) is 12.2. The first kappa shape index (κ1) is 17.4. The summed E-state index contributed by atoms with van der Waals surface area (Å²) in [5.74, 6) is 0.674. The van der Waals surface area contributed by atoms with Crippen LogP contribution in [0.4, 0.5) is 0 Å². The number of carbonyl (C=O) groups is 1. The van der Waals surface area contributed by atoms with E-state index in [0.717, 1.165) is 16.8 Å². The highest BCUT2D eigenvalue weighted by Crippen LogP contribution is 2.31. The van der Waals surface area contributed by atoms with E-state index in [2.05, 4.69) is 9.97 Å². The third kappa shape index (κ3) is 3.49. The number of nitrogens with zero attached hydrogens (tertiary/aromatic N) is 2. The molecule has 2 aromatic heterocycles. The van der Waals surface area contributed by atoms with E-state index in [0.29, 0.717) is 23.6 Å². The highest BCUT2D eigenvalue weighted by molar-refractivity contribution is 5.83. The molecule has 0 unspecified atom stereocenters. The van der Waals surface area contributed by atoms with Crippen molar-refractivity contribution in [3.8, 4) is 28.6 Å². The molecule has 0 saturated carbocycles. The largest absolute Gasteiger partial charge is 0.507 e. The van der Waals surface area contributed by atoms with E-state index in [4.69, 9.17) is 9.47 Å². The number of aromatic nitrogens is 2. The summed E-state index contributed by atoms with van der Waals surface area (Å²) in [5, 5.41) is 9.77. The molecule has 0 fully saturated rings. The van der Waals surface area contributed by atoms with E-state index in [1.165, 1.54) is 6.07 Å². The smallest absolute Gasteiger partial charge is 0.222 e. The fourth-order valence-electron chi connectivity index (χ4n) is 2.60. The van der Waals surface area contributed by atoms with Crippen LogP contribution < -0.4 is 9.47 Å². The van der Waals surface area contributed by atoms with E-state index >= 15 is 0 Å². The normalized spacial score (nSPS) is 10.4. The summed E-state index contributed by atoms with van der Waals surface area (Å²) < 4.78 is 11.1. The van der Waals surface area contributed by atoms with Gasteiger partial charge in [0.1, 0.15) is 18.1 Å². The van der Waals surface area contributed by atoms with Crippen LogP contribution in [0.25, 0.3) is 11.3 Å². The Morgan fingerprint density at radius 1 is 1.15 bits per heavy atom. The zero-order valence-electron chi connectivity index (χ0n) is 14.5. The van der Waals surface area contributed by atoms with Crippen LogP contribution in [-0.4, -0.2) is 28.5 Å². The topological polar surface area (TPSA) is 81.5 Å². The zero-order chi connectivity index (χ0) is 18.5. The molecule has 0 atom stereocenters. The average molecular weight is 350 g/mol. The van der Waals surface area contributed by atoms with Crippen LogP contribution in [0.15, 0.2) is 48.7 Å². The number of ether oxygens (including phenoxy) is 2. The number of hydrogen-bond acceptors (Lipinski definition) is 6. The van der Waals surface area contributed by atoms with Crippen molar-refractivity contribution in [3.63, 3.8) is 0 Å². The Morgan fingerprint density at radius 2 is 2.00 bits per heavy atom. The number of hydrogen-bond donors (Lipinski definition) is 1. The van der Waals surface area contributed by atoms with Gasteiger partial charge in [0.25, 0.3) is 0 Å². The number of phenols is 1. The number of rotatable bonds is 6. The second kappa shape index (κ2) is 7.65. The molecule has 0 bridgehead atoms. The van der Waals surface area contributed by atoms with Gasteiger partial charge in [-0.25, -0.2) is 4.98 Å². The maximum atomic E-state index is 11.2. The van der Waals surface area contributed by atoms with Gasteiger partial charge in [0.05, 0.1) is 23.9 Å². The molecule has 0 aliphatic carbocycles. The first-order valence-electron chi connectivity index (χ1n) is 8.00. The molecule has 0 radical (unpaired) electrons. The highest BCUT2D eigenvalue weighted by Gasteiger charge is 2.15. The van der Waals surface area contributed by atoms with Crippen molar-refractivity contribution >= 4 is 6.29 Å². The first-order valence-corrected chi connectivity index (χ1v) is 8.00. The minimum absolute atomic E-state index is 0.117. The lowest BCUT2D eigenvalue weighted by molar-refractivity contribution is 0.111. The maximum Gasteiger partial charge on any atom is 0.222 e. The number of phenolic OH excluding ortho intramolecular Hbond substituents is 1. The molecule has 0 spiro atoms. The summed E-state index contributed by atoms with van der Waals surface area (Å²) >= 11 is 0. The van der Waals surface area contributed by atoms with Crippen molar-refractivity contribution in [2.45, 2.75) is 13.5 Å². The fraction of sp³-hybridized carbons (Fsp3) is 0.150. The van der Waals surface area contributed by atoms with E-state index in [-0.39, 0.29) is 17.9 Å². The van der Waals surface area contributed by atoms with Crippen LogP contribution in [0.5, 0.6) is 17.4 Å². The molecule has 0 aliphatic heterocycles. The molecule has 26 heavy (non-hydrogen) atoms. The molecule has 1 N–H and O–H groups in total. The Bertz CT molecular complexity index is 941. The SMILES string of the molecule is COc1nc(C)ccc1-c1ncccc1COc1cccc(O)c1C=O. The lowest BCUT2D eigenvalue weighted by atomic mass is 10.1. The zero-order valence-corrected chi connectivity index (χ0v) is 14.5. The predicted octanol–water partition coefficient (Wildman–Crippen LogP) is 3.56. The molecule has 3 rings (SSSR count). The molecule has 6 heteroatoms. The summed E-state index contributed by atoms with van der Waals surface area (Å²) in [7, 11) is 1.56. The van der Waals surface area contributed by atoms with Crippen LogP contribution in [0.2, 0.25) is 0 Å². The van der Waals surface area contributed by atoms with Crippen molar-refractivity contribution in [1.29, 1.82) is 0 Å². The average Bonchev–Trinajstić information content (AvgIpc) is 2.66. The summed E-state index contributed by atoms with van der Waals surface area (Å²) in [6.45, 7) is 2.06. The number of methoxy groups -OCH3 is 1. The number of aromatic hydroxyl groups is 1. The number of aldehydes is 1. The Labute approximate surface area is 151 Å². The van der Waals surface area contributed by atoms with Crippen molar-refractivity contribution < 1.29 is 19.4 Å². The van der Waals surface area contributed by atoms with E-state index in [1.54, 1.807) is 31.5 Å². The van der Waals surface area contributed by atoms with E-state index in [9.17, 15) is 9.90 Å². The highest BCUT2D eigenvalue weighted by atomic mass is 16.5. The van der Waals surface area contributed by atoms with Gasteiger partial charge in [-0.2, -0.15) is 0 Å². The van der Waals surface area contributed by atoms with E-state index in [1.807, 2.05) is 25.1 Å². The standard InChI is InChI=1S/C20H18N2O4/c1-13-8-9-15(20(22-13)25-2)19-14(5-4-10-21-19)12-26-18-7-3-6-17(24)16(18)11-23/h3-11,24H,12H2,1-2H3. The quantitative estimate of drug-likeness (QED) is 0.685. The first-order chi connectivity index (χ1) is 12.6. The third-order valence-corrected chi connectivity index (χ3v) is 3.88. The molecule has 0 amide bonds. The van der Waals surface area contributed by atoms with Crippen molar-refractivity contribution in [2.24, 2.45) is 0 Å². The molecular weight excluding hydrogens is 332 g/mol. The lowest BCUT2D eigenvalue weighted by Gasteiger charge is -2.14. The molecule has 2 heterocycles. The summed E-state index contributed by atoms with van der Waals surface area (Å²) in [4.78, 5) is 20.0. The van der Waals surface area contributed by atoms with Crippen LogP contribution in [0, 0.1) is 6.92 Å². The van der Waals surface area contributed by atoms with Gasteiger partial charge in [-0.1, -0.05) is 12.1 Å². The second-order valence-electron chi connectivity index (χ2n) is 5.62. The van der Waals surface area contributed by atoms with Crippen molar-refractivity contribution in [3.05, 3.63) is 65.5 Å². The lowest BCUT2D eigenvalue weighted by Crippen LogP contribution is -2.03. The third-order valence-electron chi connectivity index (χ3n) is 3.88. The Balaban J connectivity index is 1.94. The second-order valence-corrected chi connectivity index (χ2v) is 5.62. The van der Waals surface area contributed by atoms with Crippen LogP contribution >= 0.6 is 0 Å². The van der Waals surface area contributed by atoms with Gasteiger partial charge in [0.15, 0.2) is 6.29 Å². The van der Waals surface area contributed by atoms with Gasteiger partial charge in [-0.3, -0.25) is 9.78 Å². The van der Waals surface area contributed by atoms with Crippen LogP contribution in [0.3, 0.4) is 0 Å². The van der Waals surface area contributed by atoms with Gasteiger partial charge < -0.3 is 14.6 Å². The minimum atomic E-state index is -0.117.